The molecule has 4 amide bonds. The van der Waals surface area contributed by atoms with Crippen molar-refractivity contribution in [2.75, 3.05) is 44.2 Å². The van der Waals surface area contributed by atoms with Crippen molar-refractivity contribution in [3.8, 4) is 0 Å². The summed E-state index contributed by atoms with van der Waals surface area (Å²) in [5.41, 5.74) is 1.17. The number of aliphatic hydroxyl groups is 1. The van der Waals surface area contributed by atoms with Gasteiger partial charge in [0.05, 0.1) is 17.7 Å². The summed E-state index contributed by atoms with van der Waals surface area (Å²) in [7, 11) is 0. The number of aliphatic hydroxyl groups excluding tert-OH is 1. The zero-order valence-corrected chi connectivity index (χ0v) is 18.6. The molecule has 11 heteroatoms. The SMILES string of the molecule is O=C1CCC(N2C(=O)c3ccc(N4CC5(CN(CC(F)(F)CCCO)C5)C4)cc3C2=O)C(=O)N1. The maximum absolute atomic E-state index is 13.9. The number of halogens is 2. The molecule has 1 aromatic carbocycles. The average molecular weight is 476 g/mol. The summed E-state index contributed by atoms with van der Waals surface area (Å²) in [6, 6.07) is 3.98. The zero-order chi connectivity index (χ0) is 24.3. The van der Waals surface area contributed by atoms with Crippen LogP contribution in [0.2, 0.25) is 0 Å². The van der Waals surface area contributed by atoms with Crippen LogP contribution < -0.4 is 10.2 Å². The largest absolute Gasteiger partial charge is 0.396 e. The molecular weight excluding hydrogens is 450 g/mol. The summed E-state index contributed by atoms with van der Waals surface area (Å²) >= 11 is 0. The minimum atomic E-state index is -2.81. The molecule has 2 N–H and O–H groups in total. The Morgan fingerprint density at radius 1 is 1.06 bits per heavy atom. The van der Waals surface area contributed by atoms with Crippen molar-refractivity contribution in [1.82, 2.24) is 15.1 Å². The maximum Gasteiger partial charge on any atom is 0.262 e. The van der Waals surface area contributed by atoms with Crippen molar-refractivity contribution in [3.63, 3.8) is 0 Å². The van der Waals surface area contributed by atoms with Gasteiger partial charge < -0.3 is 10.0 Å². The lowest BCUT2D eigenvalue weighted by Gasteiger charge is -2.61. The van der Waals surface area contributed by atoms with Crippen molar-refractivity contribution in [3.05, 3.63) is 29.3 Å². The van der Waals surface area contributed by atoms with Gasteiger partial charge in [-0.2, -0.15) is 0 Å². The van der Waals surface area contributed by atoms with Crippen molar-refractivity contribution in [1.29, 1.82) is 0 Å². The molecule has 5 rings (SSSR count). The molecule has 0 aromatic heterocycles. The second-order valence-corrected chi connectivity index (χ2v) is 9.86. The van der Waals surface area contributed by atoms with Crippen LogP contribution in [-0.2, 0) is 9.59 Å². The Morgan fingerprint density at radius 3 is 2.44 bits per heavy atom. The number of likely N-dealkylation sites (tertiary alicyclic amines) is 1. The summed E-state index contributed by atoms with van der Waals surface area (Å²) < 4.78 is 27.9. The van der Waals surface area contributed by atoms with E-state index >= 15 is 0 Å². The van der Waals surface area contributed by atoms with Crippen LogP contribution in [0.25, 0.3) is 0 Å². The number of hydrogen-bond donors (Lipinski definition) is 2. The number of carbonyl (C=O) groups excluding carboxylic acids is 4. The first kappa shape index (κ1) is 22.9. The van der Waals surface area contributed by atoms with Gasteiger partial charge in [0.25, 0.3) is 17.7 Å². The molecule has 0 radical (unpaired) electrons. The van der Waals surface area contributed by atoms with Crippen molar-refractivity contribution in [2.24, 2.45) is 5.41 Å². The summed E-state index contributed by atoms with van der Waals surface area (Å²) in [5, 5.41) is 10.9. The molecule has 4 aliphatic heterocycles. The van der Waals surface area contributed by atoms with Gasteiger partial charge in [-0.1, -0.05) is 0 Å². The highest BCUT2D eigenvalue weighted by atomic mass is 19.3. The zero-order valence-electron chi connectivity index (χ0n) is 18.6. The van der Waals surface area contributed by atoms with Crippen LogP contribution in [0, 0.1) is 5.41 Å². The fourth-order valence-corrected chi connectivity index (χ4v) is 5.56. The molecule has 0 aliphatic carbocycles. The van der Waals surface area contributed by atoms with Crippen LogP contribution in [0.1, 0.15) is 46.4 Å². The summed E-state index contributed by atoms with van der Waals surface area (Å²) in [6.45, 7) is 1.94. The lowest BCUT2D eigenvalue weighted by atomic mass is 9.72. The maximum atomic E-state index is 13.9. The third-order valence-electron chi connectivity index (χ3n) is 7.11. The van der Waals surface area contributed by atoms with E-state index in [1.165, 1.54) is 0 Å². The van der Waals surface area contributed by atoms with Crippen LogP contribution in [-0.4, -0.2) is 89.8 Å². The quantitative estimate of drug-likeness (QED) is 0.555. The Kier molecular flexibility index (Phi) is 5.44. The Hall–Kier alpha value is -2.92. The molecule has 0 bridgehead atoms. The van der Waals surface area contributed by atoms with Gasteiger partial charge in [-0.25, -0.2) is 8.78 Å². The molecule has 9 nitrogen and oxygen atoms in total. The molecule has 182 valence electrons. The molecule has 1 aromatic rings. The van der Waals surface area contributed by atoms with E-state index in [4.69, 9.17) is 5.11 Å². The van der Waals surface area contributed by atoms with Crippen molar-refractivity contribution in [2.45, 2.75) is 37.6 Å². The van der Waals surface area contributed by atoms with E-state index in [0.29, 0.717) is 26.2 Å². The molecule has 1 spiro atoms. The number of fused-ring (bicyclic) bond motifs is 1. The normalized spacial score (nSPS) is 24.3. The topological polar surface area (TPSA) is 110 Å². The molecule has 3 saturated heterocycles. The molecule has 1 unspecified atom stereocenters. The van der Waals surface area contributed by atoms with Crippen LogP contribution in [0.3, 0.4) is 0 Å². The van der Waals surface area contributed by atoms with Gasteiger partial charge in [-0.05, 0) is 31.0 Å². The lowest BCUT2D eigenvalue weighted by Crippen LogP contribution is -2.73. The third kappa shape index (κ3) is 3.86. The summed E-state index contributed by atoms with van der Waals surface area (Å²) in [6.07, 6.45) is -0.0698. The number of imide groups is 2. The van der Waals surface area contributed by atoms with Crippen molar-refractivity contribution >= 4 is 29.3 Å². The third-order valence-corrected chi connectivity index (χ3v) is 7.11. The Balaban J connectivity index is 1.20. The minimum absolute atomic E-state index is 0.0509. The van der Waals surface area contributed by atoms with Crippen LogP contribution in [0.15, 0.2) is 18.2 Å². The van der Waals surface area contributed by atoms with Gasteiger partial charge >= 0.3 is 0 Å². The number of rotatable bonds is 7. The number of benzene rings is 1. The number of nitrogens with one attached hydrogen (secondary N) is 1. The highest BCUT2D eigenvalue weighted by Crippen LogP contribution is 2.43. The predicted octanol–water partition coefficient (Wildman–Crippen LogP) is 0.618. The number of piperidine rings is 1. The van der Waals surface area contributed by atoms with Gasteiger partial charge in [0.15, 0.2) is 0 Å². The highest BCUT2D eigenvalue weighted by Gasteiger charge is 2.53. The number of nitrogens with zero attached hydrogens (tertiary/aromatic N) is 3. The van der Waals surface area contributed by atoms with Crippen LogP contribution in [0.5, 0.6) is 0 Å². The van der Waals surface area contributed by atoms with Crippen LogP contribution in [0.4, 0.5) is 14.5 Å². The second-order valence-electron chi connectivity index (χ2n) is 9.86. The smallest absolute Gasteiger partial charge is 0.262 e. The standard InChI is InChI=1S/C23H26F2N4O5/c24-23(25,6-1-7-30)13-27-9-22(10-27)11-28(12-22)14-2-3-15-16(8-14)21(34)29(20(15)33)17-4-5-18(31)26-19(17)32/h2-3,8,17,30H,1,4-7,9-13H2,(H,26,31,32). The van der Waals surface area contributed by atoms with Gasteiger partial charge in [0.2, 0.25) is 11.8 Å². The summed E-state index contributed by atoms with van der Waals surface area (Å²) in [5.74, 6) is -4.97. The lowest BCUT2D eigenvalue weighted by molar-refractivity contribution is -0.136. The Bertz CT molecular complexity index is 1060. The number of alkyl halides is 2. The van der Waals surface area contributed by atoms with Gasteiger partial charge in [0, 0.05) is 56.7 Å². The number of hydrogen-bond acceptors (Lipinski definition) is 7. The predicted molar refractivity (Wildman–Crippen MR) is 115 cm³/mol. The molecular formula is C23H26F2N4O5. The first-order valence-corrected chi connectivity index (χ1v) is 11.4. The second kappa shape index (κ2) is 8.09. The van der Waals surface area contributed by atoms with E-state index in [1.54, 1.807) is 23.1 Å². The van der Waals surface area contributed by atoms with Crippen LogP contribution >= 0.6 is 0 Å². The highest BCUT2D eigenvalue weighted by molar-refractivity contribution is 6.23. The van der Waals surface area contributed by atoms with Crippen molar-refractivity contribution < 1.29 is 33.1 Å². The van der Waals surface area contributed by atoms with E-state index in [0.717, 1.165) is 10.6 Å². The van der Waals surface area contributed by atoms with E-state index in [9.17, 15) is 28.0 Å². The molecule has 3 fully saturated rings. The fourth-order valence-electron chi connectivity index (χ4n) is 5.56. The monoisotopic (exact) mass is 476 g/mol. The Labute approximate surface area is 194 Å². The molecule has 4 aliphatic rings. The molecule has 0 saturated carbocycles. The van der Waals surface area contributed by atoms with E-state index in [-0.39, 0.29) is 55.4 Å². The Morgan fingerprint density at radius 2 is 1.76 bits per heavy atom. The summed E-state index contributed by atoms with van der Waals surface area (Å²) in [4.78, 5) is 54.1. The van der Waals surface area contributed by atoms with E-state index in [2.05, 4.69) is 5.32 Å². The van der Waals surface area contributed by atoms with E-state index in [1.807, 2.05) is 4.90 Å². The number of carbonyl (C=O) groups is 4. The van der Waals surface area contributed by atoms with E-state index < -0.39 is 35.6 Å². The first-order chi connectivity index (χ1) is 16.1. The minimum Gasteiger partial charge on any atom is -0.396 e. The first-order valence-electron chi connectivity index (χ1n) is 11.4. The fraction of sp³-hybridized carbons (Fsp3) is 0.565. The average Bonchev–Trinajstić information content (AvgIpc) is 2.97. The number of amides is 4. The van der Waals surface area contributed by atoms with Gasteiger partial charge in [-0.3, -0.25) is 34.3 Å². The van der Waals surface area contributed by atoms with Gasteiger partial charge in [-0.15, -0.1) is 0 Å². The molecule has 1 atom stereocenters. The number of anilines is 1. The molecule has 34 heavy (non-hydrogen) atoms. The van der Waals surface area contributed by atoms with Gasteiger partial charge in [0.1, 0.15) is 6.04 Å². The molecule has 4 heterocycles.